The zero-order valence-corrected chi connectivity index (χ0v) is 7.87. The topological polar surface area (TPSA) is 45.2 Å². The number of hydrogen-bond acceptors (Lipinski definition) is 2. The van der Waals surface area contributed by atoms with Crippen molar-refractivity contribution in [3.63, 3.8) is 0 Å². The van der Waals surface area contributed by atoms with Gasteiger partial charge in [-0.1, -0.05) is 6.07 Å². The van der Waals surface area contributed by atoms with Crippen molar-refractivity contribution in [2.24, 2.45) is 4.99 Å². The van der Waals surface area contributed by atoms with Crippen LogP contribution in [0.5, 0.6) is 0 Å². The summed E-state index contributed by atoms with van der Waals surface area (Å²) in [4.78, 5) is 17.8. The van der Waals surface area contributed by atoms with E-state index in [1.165, 1.54) is 0 Å². The largest absolute Gasteiger partial charge is 0.322 e. The van der Waals surface area contributed by atoms with Gasteiger partial charge in [-0.05, 0) is 31.3 Å². The third-order valence-electron chi connectivity index (χ3n) is 2.22. The summed E-state index contributed by atoms with van der Waals surface area (Å²) >= 11 is 0. The van der Waals surface area contributed by atoms with Crippen LogP contribution in [0.25, 0.3) is 10.9 Å². The van der Waals surface area contributed by atoms with Crippen LogP contribution in [0.15, 0.2) is 34.1 Å². The van der Waals surface area contributed by atoms with Gasteiger partial charge in [0.2, 0.25) is 5.56 Å². The van der Waals surface area contributed by atoms with E-state index in [0.717, 1.165) is 22.2 Å². The number of H-pyrrole nitrogens is 1. The van der Waals surface area contributed by atoms with Crippen LogP contribution in [-0.4, -0.2) is 11.7 Å². The Bertz CT molecular complexity index is 555. The first-order valence-corrected chi connectivity index (χ1v) is 4.31. The summed E-state index contributed by atoms with van der Waals surface area (Å²) in [6.45, 7) is 5.36. The van der Waals surface area contributed by atoms with E-state index in [0.29, 0.717) is 0 Å². The molecule has 1 heterocycles. The number of nitrogens with one attached hydrogen (secondary N) is 1. The van der Waals surface area contributed by atoms with Crippen LogP contribution in [0.2, 0.25) is 0 Å². The second-order valence-corrected chi connectivity index (χ2v) is 3.20. The number of benzene rings is 1. The second-order valence-electron chi connectivity index (χ2n) is 3.20. The summed E-state index contributed by atoms with van der Waals surface area (Å²) in [7, 11) is 0. The lowest BCUT2D eigenvalue weighted by atomic mass is 10.1. The van der Waals surface area contributed by atoms with Gasteiger partial charge in [0.05, 0.1) is 11.2 Å². The number of aliphatic imine (C=N–C) groups is 1. The van der Waals surface area contributed by atoms with Gasteiger partial charge in [0.1, 0.15) is 0 Å². The second kappa shape index (κ2) is 3.10. The number of aryl methyl sites for hydroxylation is 1. The van der Waals surface area contributed by atoms with Crippen molar-refractivity contribution in [3.05, 3.63) is 40.2 Å². The standard InChI is InChI=1S/C11H10N2O/c1-7-5-11(14)13-10-6-8(12-2)3-4-9(7)10/h3-6H,2H2,1H3,(H,13,14). The van der Waals surface area contributed by atoms with E-state index in [9.17, 15) is 4.79 Å². The minimum atomic E-state index is -0.0868. The molecule has 0 amide bonds. The molecule has 1 aromatic heterocycles. The summed E-state index contributed by atoms with van der Waals surface area (Å²) < 4.78 is 0. The molecule has 3 nitrogen and oxygen atoms in total. The Morgan fingerprint density at radius 3 is 2.86 bits per heavy atom. The number of nitrogens with zero attached hydrogens (tertiary/aromatic N) is 1. The molecule has 2 aromatic rings. The van der Waals surface area contributed by atoms with E-state index in [-0.39, 0.29) is 5.56 Å². The van der Waals surface area contributed by atoms with Crippen LogP contribution < -0.4 is 5.56 Å². The molecular weight excluding hydrogens is 176 g/mol. The molecule has 1 N–H and O–H groups in total. The maximum atomic E-state index is 11.2. The van der Waals surface area contributed by atoms with Crippen molar-refractivity contribution in [2.45, 2.75) is 6.92 Å². The Hall–Kier alpha value is -1.90. The molecule has 0 aliphatic heterocycles. The monoisotopic (exact) mass is 186 g/mol. The van der Waals surface area contributed by atoms with Gasteiger partial charge in [-0.2, -0.15) is 0 Å². The number of aromatic nitrogens is 1. The molecule has 0 saturated carbocycles. The van der Waals surface area contributed by atoms with Crippen LogP contribution >= 0.6 is 0 Å². The van der Waals surface area contributed by atoms with Gasteiger partial charge in [0, 0.05) is 11.5 Å². The van der Waals surface area contributed by atoms with Crippen LogP contribution in [0.4, 0.5) is 5.69 Å². The molecule has 0 unspecified atom stereocenters. The highest BCUT2D eigenvalue weighted by atomic mass is 16.1. The maximum absolute atomic E-state index is 11.2. The Morgan fingerprint density at radius 1 is 1.36 bits per heavy atom. The number of rotatable bonds is 1. The fraction of sp³-hybridized carbons (Fsp3) is 0.0909. The Kier molecular flexibility index (Phi) is 1.93. The van der Waals surface area contributed by atoms with Gasteiger partial charge < -0.3 is 4.98 Å². The van der Waals surface area contributed by atoms with E-state index in [4.69, 9.17) is 0 Å². The lowest BCUT2D eigenvalue weighted by Gasteiger charge is -2.01. The van der Waals surface area contributed by atoms with Gasteiger partial charge in [-0.25, -0.2) is 0 Å². The van der Waals surface area contributed by atoms with Gasteiger partial charge in [-0.3, -0.25) is 9.79 Å². The van der Waals surface area contributed by atoms with Gasteiger partial charge in [0.15, 0.2) is 0 Å². The molecule has 70 valence electrons. The number of hydrogen-bond donors (Lipinski definition) is 1. The zero-order valence-electron chi connectivity index (χ0n) is 7.87. The molecule has 1 aromatic carbocycles. The van der Waals surface area contributed by atoms with E-state index in [1.807, 2.05) is 25.1 Å². The highest BCUT2D eigenvalue weighted by molar-refractivity contribution is 5.84. The van der Waals surface area contributed by atoms with E-state index >= 15 is 0 Å². The quantitative estimate of drug-likeness (QED) is 0.681. The van der Waals surface area contributed by atoms with Gasteiger partial charge in [-0.15, -0.1) is 0 Å². The number of pyridine rings is 1. The molecule has 0 bridgehead atoms. The fourth-order valence-corrected chi connectivity index (χ4v) is 1.52. The lowest BCUT2D eigenvalue weighted by Crippen LogP contribution is -2.04. The molecule has 0 aliphatic rings. The Labute approximate surface area is 81.1 Å². The van der Waals surface area contributed by atoms with Crippen molar-refractivity contribution in [1.82, 2.24) is 4.98 Å². The van der Waals surface area contributed by atoms with Crippen LogP contribution in [0, 0.1) is 6.92 Å². The zero-order chi connectivity index (χ0) is 10.1. The Morgan fingerprint density at radius 2 is 2.14 bits per heavy atom. The fourth-order valence-electron chi connectivity index (χ4n) is 1.52. The third kappa shape index (κ3) is 1.33. The van der Waals surface area contributed by atoms with Crippen LogP contribution in [-0.2, 0) is 0 Å². The van der Waals surface area contributed by atoms with Crippen LogP contribution in [0.1, 0.15) is 5.56 Å². The highest BCUT2D eigenvalue weighted by Crippen LogP contribution is 2.20. The van der Waals surface area contributed by atoms with Crippen molar-refractivity contribution >= 4 is 23.3 Å². The summed E-state index contributed by atoms with van der Waals surface area (Å²) in [6.07, 6.45) is 0. The first-order chi connectivity index (χ1) is 6.70. The average Bonchev–Trinajstić information content (AvgIpc) is 2.16. The third-order valence-corrected chi connectivity index (χ3v) is 2.22. The highest BCUT2D eigenvalue weighted by Gasteiger charge is 1.99. The molecule has 14 heavy (non-hydrogen) atoms. The van der Waals surface area contributed by atoms with Crippen LogP contribution in [0.3, 0.4) is 0 Å². The molecule has 0 fully saturated rings. The molecular formula is C11H10N2O. The summed E-state index contributed by atoms with van der Waals surface area (Å²) in [5.74, 6) is 0. The maximum Gasteiger partial charge on any atom is 0.248 e. The summed E-state index contributed by atoms with van der Waals surface area (Å²) in [5.41, 5.74) is 2.45. The van der Waals surface area contributed by atoms with E-state index in [1.54, 1.807) is 6.07 Å². The molecule has 0 radical (unpaired) electrons. The molecule has 3 heteroatoms. The smallest absolute Gasteiger partial charge is 0.248 e. The molecule has 0 spiro atoms. The Balaban J connectivity index is 2.88. The minimum Gasteiger partial charge on any atom is -0.322 e. The molecule has 0 saturated heterocycles. The predicted molar refractivity (Wildman–Crippen MR) is 58.5 cm³/mol. The SMILES string of the molecule is C=Nc1ccc2c(C)cc(=O)[nH]c2c1. The average molecular weight is 186 g/mol. The predicted octanol–water partition coefficient (Wildman–Crippen LogP) is 2.17. The van der Waals surface area contributed by atoms with Crippen molar-refractivity contribution in [2.75, 3.05) is 0 Å². The van der Waals surface area contributed by atoms with Gasteiger partial charge in [0.25, 0.3) is 0 Å². The normalized spacial score (nSPS) is 10.4. The molecule has 0 aliphatic carbocycles. The first-order valence-electron chi connectivity index (χ1n) is 4.31. The number of fused-ring (bicyclic) bond motifs is 1. The van der Waals surface area contributed by atoms with Gasteiger partial charge >= 0.3 is 0 Å². The van der Waals surface area contributed by atoms with E-state index in [2.05, 4.69) is 16.7 Å². The molecule has 2 rings (SSSR count). The van der Waals surface area contributed by atoms with E-state index < -0.39 is 0 Å². The number of aromatic amines is 1. The van der Waals surface area contributed by atoms with Crippen molar-refractivity contribution in [1.29, 1.82) is 0 Å². The molecule has 0 atom stereocenters. The van der Waals surface area contributed by atoms with Crippen molar-refractivity contribution in [3.8, 4) is 0 Å². The first kappa shape index (κ1) is 8.69. The summed E-state index contributed by atoms with van der Waals surface area (Å²) in [6, 6.07) is 7.21. The lowest BCUT2D eigenvalue weighted by molar-refractivity contribution is 1.28. The summed E-state index contributed by atoms with van der Waals surface area (Å²) in [5, 5.41) is 1.04. The minimum absolute atomic E-state index is 0.0868. The van der Waals surface area contributed by atoms with Crippen molar-refractivity contribution < 1.29 is 0 Å².